The van der Waals surface area contributed by atoms with Crippen LogP contribution >= 0.6 is 0 Å². The van der Waals surface area contributed by atoms with Gasteiger partial charge in [-0.3, -0.25) is 4.57 Å². The lowest BCUT2D eigenvalue weighted by Crippen LogP contribution is -2.05. The zero-order valence-corrected chi connectivity index (χ0v) is 20.1. The maximum absolute atomic E-state index is 5.20. The number of fused-ring (bicyclic) bond motifs is 6. The van der Waals surface area contributed by atoms with E-state index in [-0.39, 0.29) is 0 Å². The summed E-state index contributed by atoms with van der Waals surface area (Å²) in [7, 11) is 0. The Bertz CT molecular complexity index is 2030. The van der Waals surface area contributed by atoms with Crippen LogP contribution in [-0.4, -0.2) is 9.55 Å². The Balaban J connectivity index is 1.63. The highest BCUT2D eigenvalue weighted by Gasteiger charge is 2.23. The highest BCUT2D eigenvalue weighted by atomic mass is 15.1. The number of aromatic nitrogens is 2. The van der Waals surface area contributed by atoms with E-state index >= 15 is 0 Å². The molecule has 172 valence electrons. The molecule has 6 aromatic carbocycles. The van der Waals surface area contributed by atoms with Crippen molar-refractivity contribution in [2.24, 2.45) is 0 Å². The Morgan fingerprint density at radius 3 is 1.78 bits per heavy atom. The molecular weight excluding hydrogens is 448 g/mol. The maximum atomic E-state index is 5.20. The molecule has 6 aromatic rings. The van der Waals surface area contributed by atoms with Gasteiger partial charge in [-0.1, -0.05) is 115 Å². The summed E-state index contributed by atoms with van der Waals surface area (Å²) in [5, 5.41) is 7.31. The third-order valence-electron chi connectivity index (χ3n) is 7.54. The summed E-state index contributed by atoms with van der Waals surface area (Å²) in [6, 6.07) is 47.7. The largest absolute Gasteiger partial charge is 0.293 e. The van der Waals surface area contributed by atoms with Crippen molar-refractivity contribution in [3.8, 4) is 28.2 Å². The Morgan fingerprint density at radius 1 is 0.486 bits per heavy atom. The molecule has 2 heteroatoms. The fourth-order valence-corrected chi connectivity index (χ4v) is 5.98. The summed E-state index contributed by atoms with van der Waals surface area (Å²) in [6.45, 7) is 0. The number of para-hydroxylation sites is 2. The Hall–Kier alpha value is -4.95. The average Bonchev–Trinajstić information content (AvgIpc) is 3.33. The molecule has 0 spiro atoms. The first-order valence-corrected chi connectivity index (χ1v) is 12.7. The molecule has 8 rings (SSSR count). The van der Waals surface area contributed by atoms with Gasteiger partial charge in [0.2, 0.25) is 0 Å². The predicted octanol–water partition coefficient (Wildman–Crippen LogP) is 9.26. The second-order valence-corrected chi connectivity index (χ2v) is 9.59. The van der Waals surface area contributed by atoms with Crippen molar-refractivity contribution < 1.29 is 0 Å². The van der Waals surface area contributed by atoms with Crippen LogP contribution in [0.15, 0.2) is 133 Å². The van der Waals surface area contributed by atoms with Crippen LogP contribution in [0.4, 0.5) is 0 Å². The van der Waals surface area contributed by atoms with Crippen molar-refractivity contribution in [3.05, 3.63) is 133 Å². The Labute approximate surface area is 214 Å². The van der Waals surface area contributed by atoms with Crippen LogP contribution in [-0.2, 0) is 0 Å². The van der Waals surface area contributed by atoms with Crippen LogP contribution in [0.3, 0.4) is 0 Å². The van der Waals surface area contributed by atoms with Crippen LogP contribution in [0.5, 0.6) is 0 Å². The number of rotatable bonds is 2. The van der Waals surface area contributed by atoms with Gasteiger partial charge in [0.15, 0.2) is 0 Å². The smallest absolute Gasteiger partial charge is 0.146 e. The molecular formula is C35H22N2. The van der Waals surface area contributed by atoms with Crippen LogP contribution < -0.4 is 0 Å². The number of nitrogens with zero attached hydrogens (tertiary/aromatic N) is 2. The lowest BCUT2D eigenvalue weighted by molar-refractivity contribution is 1.10. The van der Waals surface area contributed by atoms with E-state index in [0.29, 0.717) is 0 Å². The summed E-state index contributed by atoms with van der Waals surface area (Å²) in [5.74, 6) is 0.989. The third kappa shape index (κ3) is 2.90. The summed E-state index contributed by atoms with van der Waals surface area (Å²) in [5.41, 5.74) is 7.03. The van der Waals surface area contributed by atoms with E-state index in [4.69, 9.17) is 4.98 Å². The standard InChI is InChI=1S/C35H22N2/c1-2-12-23(13-3-1)33-26-16-5-7-18-28(26)34(29-19-8-6-17-27(29)33)37-32-21-11-4-14-24(32)22-30-25-15-9-10-20-31(25)36-35(30)37/h1-22H. The molecule has 0 fully saturated rings. The molecule has 2 nitrogen and oxygen atoms in total. The molecule has 0 amide bonds. The molecule has 0 saturated carbocycles. The van der Waals surface area contributed by atoms with Gasteiger partial charge >= 0.3 is 0 Å². The topological polar surface area (TPSA) is 17.8 Å². The lowest BCUT2D eigenvalue weighted by Gasteiger charge is -2.22. The van der Waals surface area contributed by atoms with Crippen LogP contribution in [0.25, 0.3) is 71.6 Å². The first-order valence-electron chi connectivity index (χ1n) is 12.7. The molecule has 0 saturated heterocycles. The SMILES string of the molecule is c1ccc(-c2c3ccccc3c(-n3c4nc5ccccc5c-4cc4ccccc43)c3ccccc23)cc1. The van der Waals surface area contributed by atoms with Crippen molar-refractivity contribution in [2.75, 3.05) is 0 Å². The number of pyridine rings is 1. The van der Waals surface area contributed by atoms with E-state index < -0.39 is 0 Å². The molecule has 0 radical (unpaired) electrons. The van der Waals surface area contributed by atoms with E-state index in [1.54, 1.807) is 0 Å². The summed E-state index contributed by atoms with van der Waals surface area (Å²) >= 11 is 0. The summed E-state index contributed by atoms with van der Waals surface area (Å²) in [6.07, 6.45) is 0. The first-order chi connectivity index (χ1) is 18.4. The molecule has 0 bridgehead atoms. The first kappa shape index (κ1) is 20.3. The zero-order valence-electron chi connectivity index (χ0n) is 20.1. The minimum Gasteiger partial charge on any atom is -0.293 e. The Morgan fingerprint density at radius 2 is 1.05 bits per heavy atom. The van der Waals surface area contributed by atoms with Crippen LogP contribution in [0.1, 0.15) is 0 Å². The van der Waals surface area contributed by atoms with Gasteiger partial charge in [0.1, 0.15) is 5.82 Å². The molecule has 0 aromatic heterocycles. The molecule has 2 aliphatic heterocycles. The third-order valence-corrected chi connectivity index (χ3v) is 7.54. The summed E-state index contributed by atoms with van der Waals surface area (Å²) < 4.78 is 2.39. The molecule has 0 aliphatic carbocycles. The van der Waals surface area contributed by atoms with E-state index in [1.165, 1.54) is 54.7 Å². The van der Waals surface area contributed by atoms with Crippen LogP contribution in [0.2, 0.25) is 0 Å². The zero-order chi connectivity index (χ0) is 24.3. The maximum Gasteiger partial charge on any atom is 0.146 e. The van der Waals surface area contributed by atoms with Gasteiger partial charge in [0.05, 0.1) is 16.7 Å². The summed E-state index contributed by atoms with van der Waals surface area (Å²) in [4.78, 5) is 5.20. The highest BCUT2D eigenvalue weighted by molar-refractivity contribution is 6.19. The van der Waals surface area contributed by atoms with Gasteiger partial charge in [-0.05, 0) is 45.5 Å². The monoisotopic (exact) mass is 470 g/mol. The van der Waals surface area contributed by atoms with Gasteiger partial charge in [0.25, 0.3) is 0 Å². The average molecular weight is 471 g/mol. The molecule has 0 N–H and O–H groups in total. The molecule has 2 aliphatic rings. The quantitative estimate of drug-likeness (QED) is 0.230. The lowest BCUT2D eigenvalue weighted by atomic mass is 9.90. The second-order valence-electron chi connectivity index (χ2n) is 9.59. The van der Waals surface area contributed by atoms with E-state index in [1.807, 2.05) is 0 Å². The molecule has 0 atom stereocenters. The highest BCUT2D eigenvalue weighted by Crippen LogP contribution is 2.44. The van der Waals surface area contributed by atoms with Crippen LogP contribution in [0, 0.1) is 0 Å². The van der Waals surface area contributed by atoms with E-state index in [0.717, 1.165) is 16.9 Å². The van der Waals surface area contributed by atoms with Crippen molar-refractivity contribution >= 4 is 43.4 Å². The normalized spacial score (nSPS) is 11.8. The van der Waals surface area contributed by atoms with Crippen molar-refractivity contribution in [3.63, 3.8) is 0 Å². The Kier molecular flexibility index (Phi) is 4.26. The minimum atomic E-state index is 0.989. The van der Waals surface area contributed by atoms with Gasteiger partial charge in [-0.15, -0.1) is 0 Å². The van der Waals surface area contributed by atoms with Gasteiger partial charge in [0, 0.05) is 21.7 Å². The number of hydrogen-bond acceptors (Lipinski definition) is 1. The van der Waals surface area contributed by atoms with Gasteiger partial charge in [-0.25, -0.2) is 4.98 Å². The number of hydrogen-bond donors (Lipinski definition) is 0. The number of benzene rings is 6. The van der Waals surface area contributed by atoms with Crippen molar-refractivity contribution in [1.82, 2.24) is 9.55 Å². The molecule has 2 heterocycles. The predicted molar refractivity (Wildman–Crippen MR) is 156 cm³/mol. The second kappa shape index (κ2) is 7.78. The fraction of sp³-hybridized carbons (Fsp3) is 0. The van der Waals surface area contributed by atoms with Crippen molar-refractivity contribution in [1.29, 1.82) is 0 Å². The molecule has 37 heavy (non-hydrogen) atoms. The van der Waals surface area contributed by atoms with E-state index in [9.17, 15) is 0 Å². The van der Waals surface area contributed by atoms with Gasteiger partial charge < -0.3 is 0 Å². The van der Waals surface area contributed by atoms with E-state index in [2.05, 4.69) is 138 Å². The van der Waals surface area contributed by atoms with Gasteiger partial charge in [-0.2, -0.15) is 0 Å². The minimum absolute atomic E-state index is 0.989. The molecule has 0 unspecified atom stereocenters. The fourth-order valence-electron chi connectivity index (χ4n) is 5.98. The van der Waals surface area contributed by atoms with Crippen molar-refractivity contribution in [2.45, 2.75) is 0 Å².